The van der Waals surface area contributed by atoms with E-state index in [4.69, 9.17) is 0 Å². The predicted molar refractivity (Wildman–Crippen MR) is 78.4 cm³/mol. The first-order valence-electron chi connectivity index (χ1n) is 7.93. The molecule has 0 aromatic heterocycles. The molecule has 1 saturated heterocycles. The van der Waals surface area contributed by atoms with Gasteiger partial charge in [-0.15, -0.1) is 0 Å². The lowest BCUT2D eigenvalue weighted by Gasteiger charge is -2.38. The fraction of sp³-hybridized carbons (Fsp3) is 0.588. The number of nitrogens with zero attached hydrogens (tertiary/aromatic N) is 2. The summed E-state index contributed by atoms with van der Waals surface area (Å²) in [6, 6.07) is 9.44. The van der Waals surface area contributed by atoms with Crippen molar-refractivity contribution in [2.75, 3.05) is 26.2 Å². The van der Waals surface area contributed by atoms with Crippen LogP contribution in [0, 0.1) is 5.92 Å². The van der Waals surface area contributed by atoms with Gasteiger partial charge in [0.25, 0.3) is 0 Å². The van der Waals surface area contributed by atoms with Gasteiger partial charge in [0.2, 0.25) is 5.91 Å². The van der Waals surface area contributed by atoms with Gasteiger partial charge in [-0.2, -0.15) is 0 Å². The van der Waals surface area contributed by atoms with E-state index in [-0.39, 0.29) is 0 Å². The molecule has 1 unspecified atom stereocenters. The van der Waals surface area contributed by atoms with Crippen LogP contribution in [0.1, 0.15) is 36.4 Å². The van der Waals surface area contributed by atoms with Gasteiger partial charge >= 0.3 is 0 Å². The summed E-state index contributed by atoms with van der Waals surface area (Å²) in [4.78, 5) is 16.8. The van der Waals surface area contributed by atoms with Crippen LogP contribution in [0.5, 0.6) is 0 Å². The Morgan fingerprint density at radius 3 is 2.50 bits per heavy atom. The Morgan fingerprint density at radius 1 is 1.00 bits per heavy atom. The summed E-state index contributed by atoms with van der Waals surface area (Å²) < 4.78 is 0. The first-order valence-corrected chi connectivity index (χ1v) is 7.93. The van der Waals surface area contributed by atoms with Crippen molar-refractivity contribution in [3.05, 3.63) is 35.4 Å². The maximum atomic E-state index is 12.1. The molecule has 0 spiro atoms. The van der Waals surface area contributed by atoms with Crippen molar-refractivity contribution in [3.63, 3.8) is 0 Å². The van der Waals surface area contributed by atoms with E-state index in [1.165, 1.54) is 24.0 Å². The molecule has 1 aliphatic heterocycles. The number of rotatable bonds is 2. The van der Waals surface area contributed by atoms with E-state index in [1.54, 1.807) is 0 Å². The van der Waals surface area contributed by atoms with Gasteiger partial charge in [-0.3, -0.25) is 9.69 Å². The highest BCUT2D eigenvalue weighted by atomic mass is 16.2. The highest BCUT2D eigenvalue weighted by Gasteiger charge is 2.36. The average molecular weight is 270 g/mol. The van der Waals surface area contributed by atoms with E-state index in [0.717, 1.165) is 39.0 Å². The third-order valence-corrected chi connectivity index (χ3v) is 5.09. The maximum absolute atomic E-state index is 12.1. The first kappa shape index (κ1) is 12.4. The van der Waals surface area contributed by atoms with Crippen LogP contribution in [-0.2, 0) is 11.2 Å². The van der Waals surface area contributed by atoms with Crippen molar-refractivity contribution in [1.82, 2.24) is 9.80 Å². The molecule has 2 fully saturated rings. The van der Waals surface area contributed by atoms with Crippen molar-refractivity contribution in [1.29, 1.82) is 0 Å². The number of piperazine rings is 1. The lowest BCUT2D eigenvalue weighted by atomic mass is 10.1. The maximum Gasteiger partial charge on any atom is 0.225 e. The predicted octanol–water partition coefficient (Wildman–Crippen LogP) is 2.23. The SMILES string of the molecule is O=C(C1CC1)N1CCN(C2CCc3ccccc32)CC1. The Balaban J connectivity index is 1.41. The number of hydrogen-bond donors (Lipinski definition) is 0. The van der Waals surface area contributed by atoms with Crippen LogP contribution in [0.2, 0.25) is 0 Å². The van der Waals surface area contributed by atoms with Crippen LogP contribution in [0.25, 0.3) is 0 Å². The Hall–Kier alpha value is -1.35. The number of fused-ring (bicyclic) bond motifs is 1. The Labute approximate surface area is 120 Å². The summed E-state index contributed by atoms with van der Waals surface area (Å²) in [6.07, 6.45) is 4.70. The summed E-state index contributed by atoms with van der Waals surface area (Å²) >= 11 is 0. The highest BCUT2D eigenvalue weighted by Crippen LogP contribution is 2.36. The molecule has 3 aliphatic rings. The van der Waals surface area contributed by atoms with Crippen LogP contribution in [-0.4, -0.2) is 41.9 Å². The van der Waals surface area contributed by atoms with Crippen LogP contribution in [0.3, 0.4) is 0 Å². The fourth-order valence-corrected chi connectivity index (χ4v) is 3.76. The largest absolute Gasteiger partial charge is 0.340 e. The molecule has 1 aromatic carbocycles. The summed E-state index contributed by atoms with van der Waals surface area (Å²) in [5.41, 5.74) is 3.04. The smallest absolute Gasteiger partial charge is 0.225 e. The van der Waals surface area contributed by atoms with Crippen molar-refractivity contribution in [2.45, 2.75) is 31.7 Å². The van der Waals surface area contributed by atoms with Gasteiger partial charge in [0.15, 0.2) is 0 Å². The molecule has 0 N–H and O–H groups in total. The monoisotopic (exact) mass is 270 g/mol. The zero-order valence-corrected chi connectivity index (χ0v) is 11.9. The molecule has 3 heteroatoms. The molecular weight excluding hydrogens is 248 g/mol. The van der Waals surface area contributed by atoms with Crippen LogP contribution >= 0.6 is 0 Å². The second kappa shape index (κ2) is 4.88. The Morgan fingerprint density at radius 2 is 1.75 bits per heavy atom. The van der Waals surface area contributed by atoms with Crippen molar-refractivity contribution < 1.29 is 4.79 Å². The number of amides is 1. The van der Waals surface area contributed by atoms with Crippen molar-refractivity contribution in [2.24, 2.45) is 5.92 Å². The number of hydrogen-bond acceptors (Lipinski definition) is 2. The molecular formula is C17H22N2O. The van der Waals surface area contributed by atoms with Gasteiger partial charge in [-0.05, 0) is 36.8 Å². The van der Waals surface area contributed by atoms with Gasteiger partial charge < -0.3 is 4.90 Å². The zero-order valence-electron chi connectivity index (χ0n) is 11.9. The minimum Gasteiger partial charge on any atom is -0.340 e. The molecule has 0 radical (unpaired) electrons. The van der Waals surface area contributed by atoms with Crippen LogP contribution in [0.4, 0.5) is 0 Å². The van der Waals surface area contributed by atoms with E-state index < -0.39 is 0 Å². The van der Waals surface area contributed by atoms with E-state index in [1.807, 2.05) is 0 Å². The molecule has 1 atom stereocenters. The third-order valence-electron chi connectivity index (χ3n) is 5.09. The molecule has 3 nitrogen and oxygen atoms in total. The lowest BCUT2D eigenvalue weighted by molar-refractivity contribution is -0.134. The standard InChI is InChI=1S/C17H22N2O/c20-17(14-5-6-14)19-11-9-18(10-12-19)16-8-7-13-3-1-2-4-15(13)16/h1-4,14,16H,5-12H2. The molecule has 4 rings (SSSR count). The van der Waals surface area contributed by atoms with Gasteiger partial charge in [0, 0.05) is 38.1 Å². The molecule has 0 bridgehead atoms. The summed E-state index contributed by atoms with van der Waals surface area (Å²) in [5.74, 6) is 0.783. The average Bonchev–Trinajstić information content (AvgIpc) is 3.26. The minimum absolute atomic E-state index is 0.369. The van der Waals surface area contributed by atoms with Crippen LogP contribution < -0.4 is 0 Å². The Kier molecular flexibility index (Phi) is 3.03. The number of carbonyl (C=O) groups excluding carboxylic acids is 1. The zero-order chi connectivity index (χ0) is 13.5. The summed E-state index contributed by atoms with van der Waals surface area (Å²) in [5, 5.41) is 0. The van der Waals surface area contributed by atoms with E-state index in [2.05, 4.69) is 34.1 Å². The number of benzene rings is 1. The second-order valence-corrected chi connectivity index (χ2v) is 6.39. The van der Waals surface area contributed by atoms with Gasteiger partial charge in [0.05, 0.1) is 0 Å². The molecule has 1 amide bonds. The van der Waals surface area contributed by atoms with Crippen molar-refractivity contribution in [3.8, 4) is 0 Å². The summed E-state index contributed by atoms with van der Waals surface area (Å²) in [6.45, 7) is 3.93. The number of aryl methyl sites for hydroxylation is 1. The van der Waals surface area contributed by atoms with Gasteiger partial charge in [-0.25, -0.2) is 0 Å². The molecule has 20 heavy (non-hydrogen) atoms. The third kappa shape index (κ3) is 2.14. The Bertz CT molecular complexity index is 515. The lowest BCUT2D eigenvalue weighted by Crippen LogP contribution is -2.49. The van der Waals surface area contributed by atoms with Gasteiger partial charge in [0.1, 0.15) is 0 Å². The van der Waals surface area contributed by atoms with E-state index >= 15 is 0 Å². The number of carbonyl (C=O) groups is 1. The van der Waals surface area contributed by atoms with Crippen LogP contribution in [0.15, 0.2) is 24.3 Å². The topological polar surface area (TPSA) is 23.6 Å². The van der Waals surface area contributed by atoms with E-state index in [9.17, 15) is 4.79 Å². The molecule has 106 valence electrons. The summed E-state index contributed by atoms with van der Waals surface area (Å²) in [7, 11) is 0. The highest BCUT2D eigenvalue weighted by molar-refractivity contribution is 5.81. The second-order valence-electron chi connectivity index (χ2n) is 6.39. The minimum atomic E-state index is 0.369. The molecule has 1 aromatic rings. The molecule has 1 saturated carbocycles. The fourth-order valence-electron chi connectivity index (χ4n) is 3.76. The van der Waals surface area contributed by atoms with Crippen molar-refractivity contribution >= 4 is 5.91 Å². The van der Waals surface area contributed by atoms with E-state index in [0.29, 0.717) is 17.9 Å². The first-order chi connectivity index (χ1) is 9.83. The van der Waals surface area contributed by atoms with Gasteiger partial charge in [-0.1, -0.05) is 24.3 Å². The molecule has 2 aliphatic carbocycles. The quantitative estimate of drug-likeness (QED) is 0.823. The normalized spacial score (nSPS) is 26.6. The molecule has 1 heterocycles.